The van der Waals surface area contributed by atoms with Crippen molar-refractivity contribution in [3.63, 3.8) is 0 Å². The van der Waals surface area contributed by atoms with Crippen LogP contribution in [0.3, 0.4) is 0 Å². The minimum absolute atomic E-state index is 0.251. The number of aromatic nitrogens is 2. The van der Waals surface area contributed by atoms with Crippen molar-refractivity contribution in [1.82, 2.24) is 10.2 Å². The van der Waals surface area contributed by atoms with Gasteiger partial charge in [0.1, 0.15) is 0 Å². The Bertz CT molecular complexity index is 453. The van der Waals surface area contributed by atoms with Crippen molar-refractivity contribution in [2.45, 2.75) is 51.5 Å². The van der Waals surface area contributed by atoms with Gasteiger partial charge in [0.25, 0.3) is 0 Å². The molecule has 0 spiro atoms. The van der Waals surface area contributed by atoms with Crippen molar-refractivity contribution < 1.29 is 9.53 Å². The summed E-state index contributed by atoms with van der Waals surface area (Å²) in [5.41, 5.74) is 0.251. The lowest BCUT2D eigenvalue weighted by molar-refractivity contribution is 0.0592. The zero-order chi connectivity index (χ0) is 15.2. The molecule has 1 aliphatic carbocycles. The Morgan fingerprint density at radius 2 is 2.00 bits per heavy atom. The Hall–Kier alpha value is -1.65. The molecule has 0 saturated heterocycles. The van der Waals surface area contributed by atoms with Gasteiger partial charge >= 0.3 is 5.97 Å². The van der Waals surface area contributed by atoms with E-state index in [1.54, 1.807) is 6.07 Å². The van der Waals surface area contributed by atoms with Crippen LogP contribution in [0.15, 0.2) is 12.1 Å². The topological polar surface area (TPSA) is 55.3 Å². The fourth-order valence-electron chi connectivity index (χ4n) is 3.14. The highest BCUT2D eigenvalue weighted by molar-refractivity contribution is 5.86. The number of carbonyl (C=O) groups is 1. The maximum atomic E-state index is 11.4. The number of hydrogen-bond donors (Lipinski definition) is 0. The van der Waals surface area contributed by atoms with Crippen molar-refractivity contribution >= 4 is 11.8 Å². The lowest BCUT2D eigenvalue weighted by Crippen LogP contribution is -2.35. The smallest absolute Gasteiger partial charge is 0.358 e. The van der Waals surface area contributed by atoms with Crippen molar-refractivity contribution in [2.24, 2.45) is 5.92 Å². The summed E-state index contributed by atoms with van der Waals surface area (Å²) in [5.74, 6) is 1.27. The number of rotatable bonds is 5. The normalized spacial score (nSPS) is 21.9. The Labute approximate surface area is 126 Å². The summed E-state index contributed by atoms with van der Waals surface area (Å²) < 4.78 is 4.63. The van der Waals surface area contributed by atoms with Crippen LogP contribution in [-0.2, 0) is 4.74 Å². The third-order valence-electron chi connectivity index (χ3n) is 4.47. The quantitative estimate of drug-likeness (QED) is 0.780. The molecular formula is C16H25N3O2. The molecule has 0 aliphatic heterocycles. The van der Waals surface area contributed by atoms with Crippen LogP contribution in [0.2, 0.25) is 0 Å². The second-order valence-corrected chi connectivity index (χ2v) is 5.84. The van der Waals surface area contributed by atoms with Crippen LogP contribution in [-0.4, -0.2) is 36.4 Å². The van der Waals surface area contributed by atoms with Crippen molar-refractivity contribution in [3.8, 4) is 0 Å². The highest BCUT2D eigenvalue weighted by atomic mass is 16.5. The molecule has 0 radical (unpaired) electrons. The molecule has 1 aromatic rings. The summed E-state index contributed by atoms with van der Waals surface area (Å²) in [4.78, 5) is 13.5. The van der Waals surface area contributed by atoms with E-state index in [1.165, 1.54) is 45.6 Å². The number of esters is 1. The largest absolute Gasteiger partial charge is 0.464 e. The number of nitrogens with zero attached hydrogens (tertiary/aromatic N) is 3. The van der Waals surface area contributed by atoms with Gasteiger partial charge in [-0.05, 0) is 43.7 Å². The van der Waals surface area contributed by atoms with Crippen LogP contribution < -0.4 is 4.90 Å². The van der Waals surface area contributed by atoms with Gasteiger partial charge in [0.05, 0.1) is 7.11 Å². The highest BCUT2D eigenvalue weighted by Gasteiger charge is 2.24. The Morgan fingerprint density at radius 1 is 1.29 bits per heavy atom. The van der Waals surface area contributed by atoms with Gasteiger partial charge in [0.15, 0.2) is 11.5 Å². The molecule has 1 saturated carbocycles. The van der Waals surface area contributed by atoms with E-state index in [4.69, 9.17) is 0 Å². The standard InChI is InChI=1S/C16H25N3O2/c1-4-5-12-6-8-13(9-7-12)19(2)15-11-10-14(17-18-15)16(20)21-3/h10-13H,4-9H2,1-3H3. The number of ether oxygens (including phenoxy) is 1. The molecule has 0 unspecified atom stereocenters. The molecule has 0 amide bonds. The molecule has 21 heavy (non-hydrogen) atoms. The second-order valence-electron chi connectivity index (χ2n) is 5.84. The summed E-state index contributed by atoms with van der Waals surface area (Å²) in [6.07, 6.45) is 7.66. The molecule has 1 heterocycles. The first-order valence-corrected chi connectivity index (χ1v) is 7.80. The Morgan fingerprint density at radius 3 is 2.52 bits per heavy atom. The van der Waals surface area contributed by atoms with Gasteiger partial charge in [-0.25, -0.2) is 4.79 Å². The molecule has 0 N–H and O–H groups in total. The van der Waals surface area contributed by atoms with Crippen LogP contribution in [0.25, 0.3) is 0 Å². The number of hydrogen-bond acceptors (Lipinski definition) is 5. The number of anilines is 1. The van der Waals surface area contributed by atoms with Crippen LogP contribution >= 0.6 is 0 Å². The average Bonchev–Trinajstić information content (AvgIpc) is 2.54. The zero-order valence-electron chi connectivity index (χ0n) is 13.2. The Kier molecular flexibility index (Phi) is 5.53. The third-order valence-corrected chi connectivity index (χ3v) is 4.47. The molecule has 116 valence electrons. The maximum Gasteiger partial charge on any atom is 0.358 e. The van der Waals surface area contributed by atoms with Crippen molar-refractivity contribution in [1.29, 1.82) is 0 Å². The van der Waals surface area contributed by atoms with Gasteiger partial charge in [0, 0.05) is 13.1 Å². The second kappa shape index (κ2) is 7.38. The van der Waals surface area contributed by atoms with E-state index in [-0.39, 0.29) is 5.69 Å². The summed E-state index contributed by atoms with van der Waals surface area (Å²) >= 11 is 0. The SMILES string of the molecule is CCCC1CCC(N(C)c2ccc(C(=O)OC)nn2)CC1. The maximum absolute atomic E-state index is 11.4. The molecular weight excluding hydrogens is 266 g/mol. The predicted octanol–water partition coefficient (Wildman–Crippen LogP) is 3.06. The van der Waals surface area contributed by atoms with Gasteiger partial charge in [0.2, 0.25) is 0 Å². The molecule has 2 rings (SSSR count). The first kappa shape index (κ1) is 15.7. The van der Waals surface area contributed by atoms with Gasteiger partial charge < -0.3 is 9.64 Å². The molecule has 0 bridgehead atoms. The summed E-state index contributed by atoms with van der Waals surface area (Å²) in [6, 6.07) is 4.04. The number of carbonyl (C=O) groups excluding carboxylic acids is 1. The van der Waals surface area contributed by atoms with E-state index in [2.05, 4.69) is 33.8 Å². The van der Waals surface area contributed by atoms with Crippen LogP contribution in [0.4, 0.5) is 5.82 Å². The van der Waals surface area contributed by atoms with Crippen LogP contribution in [0, 0.1) is 5.92 Å². The van der Waals surface area contributed by atoms with Gasteiger partial charge in [-0.1, -0.05) is 19.8 Å². The van der Waals surface area contributed by atoms with Crippen LogP contribution in [0.5, 0.6) is 0 Å². The summed E-state index contributed by atoms with van der Waals surface area (Å²) in [7, 11) is 3.41. The summed E-state index contributed by atoms with van der Waals surface area (Å²) in [6.45, 7) is 2.26. The Balaban J connectivity index is 1.94. The zero-order valence-corrected chi connectivity index (χ0v) is 13.2. The monoisotopic (exact) mass is 291 g/mol. The average molecular weight is 291 g/mol. The van der Waals surface area contributed by atoms with E-state index in [0.29, 0.717) is 6.04 Å². The van der Waals surface area contributed by atoms with Crippen molar-refractivity contribution in [2.75, 3.05) is 19.1 Å². The summed E-state index contributed by atoms with van der Waals surface area (Å²) in [5, 5.41) is 8.10. The predicted molar refractivity (Wildman–Crippen MR) is 82.4 cm³/mol. The highest BCUT2D eigenvalue weighted by Crippen LogP contribution is 2.31. The lowest BCUT2D eigenvalue weighted by Gasteiger charge is -2.35. The minimum Gasteiger partial charge on any atom is -0.464 e. The first-order valence-electron chi connectivity index (χ1n) is 7.80. The van der Waals surface area contributed by atoms with E-state index < -0.39 is 5.97 Å². The van der Waals surface area contributed by atoms with Gasteiger partial charge in [-0.2, -0.15) is 0 Å². The molecule has 5 heteroatoms. The van der Waals surface area contributed by atoms with Crippen LogP contribution in [0.1, 0.15) is 55.9 Å². The molecule has 0 aromatic carbocycles. The van der Waals surface area contributed by atoms with Gasteiger partial charge in [-0.15, -0.1) is 10.2 Å². The van der Waals surface area contributed by atoms with E-state index >= 15 is 0 Å². The van der Waals surface area contributed by atoms with E-state index in [1.807, 2.05) is 6.07 Å². The molecule has 1 aliphatic rings. The fraction of sp³-hybridized carbons (Fsp3) is 0.688. The van der Waals surface area contributed by atoms with E-state index in [9.17, 15) is 4.79 Å². The molecule has 5 nitrogen and oxygen atoms in total. The first-order chi connectivity index (χ1) is 10.2. The van der Waals surface area contributed by atoms with Crippen molar-refractivity contribution in [3.05, 3.63) is 17.8 Å². The molecule has 1 fully saturated rings. The lowest BCUT2D eigenvalue weighted by atomic mass is 9.83. The molecule has 1 aromatic heterocycles. The van der Waals surface area contributed by atoms with E-state index in [0.717, 1.165) is 11.7 Å². The number of methoxy groups -OCH3 is 1. The van der Waals surface area contributed by atoms with Gasteiger partial charge in [-0.3, -0.25) is 0 Å². The minimum atomic E-state index is -0.447. The fourth-order valence-corrected chi connectivity index (χ4v) is 3.14. The third kappa shape index (κ3) is 3.93. The molecule has 0 atom stereocenters.